The average Bonchev–Trinajstić information content (AvgIpc) is 2.31. The van der Waals surface area contributed by atoms with Crippen LogP contribution in [0.4, 0.5) is 0 Å². The fourth-order valence-corrected chi connectivity index (χ4v) is 2.91. The summed E-state index contributed by atoms with van der Waals surface area (Å²) in [6.07, 6.45) is 1.16. The molecule has 6 nitrogen and oxygen atoms in total. The number of hydrogen-bond donors (Lipinski definition) is 1. The Morgan fingerprint density at radius 3 is 2.24 bits per heavy atom. The number of nitrogens with two attached hydrogens (primary N) is 1. The summed E-state index contributed by atoms with van der Waals surface area (Å²) in [7, 11) is -0.0644. The first kappa shape index (κ1) is 16.8. The van der Waals surface area contributed by atoms with Gasteiger partial charge in [-0.2, -0.15) is 4.31 Å². The molecule has 7 heteroatoms. The summed E-state index contributed by atoms with van der Waals surface area (Å²) in [5.74, 6) is 0.0974. The van der Waals surface area contributed by atoms with Crippen molar-refractivity contribution in [2.24, 2.45) is 5.73 Å². The molecule has 0 aliphatic carbocycles. The van der Waals surface area contributed by atoms with Gasteiger partial charge in [0.15, 0.2) is 0 Å². The van der Waals surface area contributed by atoms with E-state index in [9.17, 15) is 8.42 Å². The second-order valence-corrected chi connectivity index (χ2v) is 5.78. The van der Waals surface area contributed by atoms with Gasteiger partial charge in [-0.3, -0.25) is 0 Å². The van der Waals surface area contributed by atoms with E-state index < -0.39 is 10.0 Å². The van der Waals surface area contributed by atoms with Crippen LogP contribution in [0.1, 0.15) is 12.8 Å². The smallest absolute Gasteiger partial charge is 0.214 e. The Morgan fingerprint density at radius 2 is 1.71 bits per heavy atom. The van der Waals surface area contributed by atoms with E-state index in [1.165, 1.54) is 4.31 Å². The molecule has 0 heterocycles. The monoisotopic (exact) mass is 268 g/mol. The lowest BCUT2D eigenvalue weighted by molar-refractivity contribution is 0.164. The molecule has 0 spiro atoms. The first-order valence-corrected chi connectivity index (χ1v) is 7.35. The van der Waals surface area contributed by atoms with Crippen molar-refractivity contribution < 1.29 is 17.9 Å². The Balaban J connectivity index is 4.31. The molecule has 0 aromatic heterocycles. The molecule has 0 aliphatic rings. The van der Waals surface area contributed by atoms with E-state index in [4.69, 9.17) is 15.2 Å². The highest BCUT2D eigenvalue weighted by atomic mass is 32.2. The van der Waals surface area contributed by atoms with Gasteiger partial charge in [-0.05, 0) is 19.4 Å². The maximum absolute atomic E-state index is 12.0. The van der Waals surface area contributed by atoms with Crippen molar-refractivity contribution in [3.8, 4) is 0 Å². The van der Waals surface area contributed by atoms with Crippen molar-refractivity contribution in [3.05, 3.63) is 0 Å². The third kappa shape index (κ3) is 7.67. The van der Waals surface area contributed by atoms with Crippen molar-refractivity contribution in [1.82, 2.24) is 4.31 Å². The molecule has 0 unspecified atom stereocenters. The molecule has 0 radical (unpaired) electrons. The zero-order chi connectivity index (χ0) is 13.1. The van der Waals surface area contributed by atoms with Crippen LogP contribution in [-0.4, -0.2) is 65.5 Å². The van der Waals surface area contributed by atoms with Gasteiger partial charge in [0.1, 0.15) is 0 Å². The van der Waals surface area contributed by atoms with Crippen LogP contribution in [-0.2, 0) is 19.5 Å². The Labute approximate surface area is 104 Å². The maximum atomic E-state index is 12.0. The lowest BCUT2D eigenvalue weighted by Gasteiger charge is -2.21. The maximum Gasteiger partial charge on any atom is 0.214 e. The highest BCUT2D eigenvalue weighted by molar-refractivity contribution is 7.89. The Hall–Kier alpha value is -0.210. The molecule has 0 aliphatic heterocycles. The molecule has 104 valence electrons. The van der Waals surface area contributed by atoms with Gasteiger partial charge >= 0.3 is 0 Å². The van der Waals surface area contributed by atoms with E-state index in [0.717, 1.165) is 0 Å². The minimum absolute atomic E-state index is 0.0974. The summed E-state index contributed by atoms with van der Waals surface area (Å²) in [6.45, 7) is 2.18. The summed E-state index contributed by atoms with van der Waals surface area (Å²) in [4.78, 5) is 0. The van der Waals surface area contributed by atoms with E-state index in [2.05, 4.69) is 0 Å². The molecule has 0 amide bonds. The number of sulfonamides is 1. The summed E-state index contributed by atoms with van der Waals surface area (Å²) in [5, 5.41) is 0. The molecule has 0 rings (SSSR count). The average molecular weight is 268 g/mol. The summed E-state index contributed by atoms with van der Waals surface area (Å²) in [5.41, 5.74) is 5.33. The second kappa shape index (κ2) is 9.78. The molecule has 0 saturated carbocycles. The van der Waals surface area contributed by atoms with E-state index in [1.54, 1.807) is 14.2 Å². The van der Waals surface area contributed by atoms with Crippen LogP contribution in [0, 0.1) is 0 Å². The zero-order valence-electron chi connectivity index (χ0n) is 10.7. The lowest BCUT2D eigenvalue weighted by atomic mass is 10.4. The fraction of sp³-hybridized carbons (Fsp3) is 1.00. The van der Waals surface area contributed by atoms with Crippen LogP contribution in [0.3, 0.4) is 0 Å². The van der Waals surface area contributed by atoms with Gasteiger partial charge in [-0.1, -0.05) is 0 Å². The number of ether oxygens (including phenoxy) is 2. The van der Waals surface area contributed by atoms with Gasteiger partial charge in [0, 0.05) is 33.9 Å². The standard InChI is InChI=1S/C10H24N2O4S/c1-15-8-4-6-12(7-9-16-2)17(13,14)10-3-5-11/h3-11H2,1-2H3. The molecule has 0 fully saturated rings. The quantitative estimate of drug-likeness (QED) is 0.518. The van der Waals surface area contributed by atoms with E-state index >= 15 is 0 Å². The largest absolute Gasteiger partial charge is 0.385 e. The first-order valence-electron chi connectivity index (χ1n) is 5.74. The molecule has 0 aromatic rings. The number of hydrogen-bond acceptors (Lipinski definition) is 5. The summed E-state index contributed by atoms with van der Waals surface area (Å²) >= 11 is 0. The highest BCUT2D eigenvalue weighted by Gasteiger charge is 2.20. The molecular formula is C10H24N2O4S. The molecule has 0 atom stereocenters. The topological polar surface area (TPSA) is 81.9 Å². The van der Waals surface area contributed by atoms with Gasteiger partial charge in [0.25, 0.3) is 0 Å². The van der Waals surface area contributed by atoms with Crippen LogP contribution in [0.5, 0.6) is 0 Å². The van der Waals surface area contributed by atoms with Crippen molar-refractivity contribution in [1.29, 1.82) is 0 Å². The highest BCUT2D eigenvalue weighted by Crippen LogP contribution is 2.04. The van der Waals surface area contributed by atoms with Crippen LogP contribution in [0.25, 0.3) is 0 Å². The minimum atomic E-state index is -3.22. The Kier molecular flexibility index (Phi) is 9.66. The van der Waals surface area contributed by atoms with Crippen LogP contribution < -0.4 is 5.73 Å². The SMILES string of the molecule is COCCCN(CCOC)S(=O)(=O)CCCN. The first-order chi connectivity index (χ1) is 8.08. The van der Waals surface area contributed by atoms with Crippen LogP contribution in [0.15, 0.2) is 0 Å². The van der Waals surface area contributed by atoms with Gasteiger partial charge < -0.3 is 15.2 Å². The molecule has 17 heavy (non-hydrogen) atoms. The third-order valence-electron chi connectivity index (χ3n) is 2.30. The number of nitrogens with zero attached hydrogens (tertiary/aromatic N) is 1. The Bertz CT molecular complexity index is 269. The molecule has 2 N–H and O–H groups in total. The predicted octanol–water partition coefficient (Wildman–Crippen LogP) is -0.350. The van der Waals surface area contributed by atoms with Crippen LogP contribution >= 0.6 is 0 Å². The zero-order valence-corrected chi connectivity index (χ0v) is 11.5. The van der Waals surface area contributed by atoms with Crippen molar-refractivity contribution >= 4 is 10.0 Å². The number of rotatable bonds is 11. The molecule has 0 saturated heterocycles. The molecule has 0 aromatic carbocycles. The van der Waals surface area contributed by atoms with Gasteiger partial charge in [-0.25, -0.2) is 8.42 Å². The third-order valence-corrected chi connectivity index (χ3v) is 4.26. The summed E-state index contributed by atoms with van der Waals surface area (Å²) < 4.78 is 35.2. The van der Waals surface area contributed by atoms with E-state index in [0.29, 0.717) is 45.7 Å². The van der Waals surface area contributed by atoms with Crippen LogP contribution in [0.2, 0.25) is 0 Å². The van der Waals surface area contributed by atoms with Crippen molar-refractivity contribution in [2.45, 2.75) is 12.8 Å². The normalized spacial score (nSPS) is 12.2. The lowest BCUT2D eigenvalue weighted by Crippen LogP contribution is -2.37. The fourth-order valence-electron chi connectivity index (χ4n) is 1.36. The van der Waals surface area contributed by atoms with Gasteiger partial charge in [-0.15, -0.1) is 0 Å². The molecule has 0 bridgehead atoms. The number of methoxy groups -OCH3 is 2. The minimum Gasteiger partial charge on any atom is -0.385 e. The Morgan fingerprint density at radius 1 is 1.06 bits per heavy atom. The van der Waals surface area contributed by atoms with Gasteiger partial charge in [0.05, 0.1) is 12.4 Å². The molecular weight excluding hydrogens is 244 g/mol. The van der Waals surface area contributed by atoms with Crippen molar-refractivity contribution in [3.63, 3.8) is 0 Å². The predicted molar refractivity (Wildman–Crippen MR) is 67.4 cm³/mol. The van der Waals surface area contributed by atoms with Crippen molar-refractivity contribution in [2.75, 3.05) is 52.8 Å². The van der Waals surface area contributed by atoms with E-state index in [1.807, 2.05) is 0 Å². The van der Waals surface area contributed by atoms with Gasteiger partial charge in [0.2, 0.25) is 10.0 Å². The second-order valence-electron chi connectivity index (χ2n) is 3.70. The summed E-state index contributed by atoms with van der Waals surface area (Å²) in [6, 6.07) is 0. The van der Waals surface area contributed by atoms with E-state index in [-0.39, 0.29) is 5.75 Å².